The Morgan fingerprint density at radius 1 is 0.642 bits per heavy atom. The van der Waals surface area contributed by atoms with Crippen molar-refractivity contribution in [3.8, 4) is 0 Å². The topological polar surface area (TPSA) is 131 Å². The average Bonchev–Trinajstić information content (AvgIpc) is 3.14. The number of aliphatic hydroxyl groups excluding tert-OH is 1. The normalized spacial score (nSPS) is 15.0. The van der Waals surface area contributed by atoms with Crippen LogP contribution in [0, 0.1) is 0 Å². The van der Waals surface area contributed by atoms with Gasteiger partial charge < -0.3 is 21.1 Å². The molecule has 0 aliphatic rings. The Bertz CT molecular complexity index is 1100. The van der Waals surface area contributed by atoms with Gasteiger partial charge in [0.05, 0.1) is 25.4 Å². The van der Waals surface area contributed by atoms with Crippen molar-refractivity contribution in [2.75, 3.05) is 19.8 Å². The molecular weight excluding hydrogens is 683 g/mol. The van der Waals surface area contributed by atoms with E-state index in [2.05, 4.69) is 92.1 Å². The van der Waals surface area contributed by atoms with Crippen LogP contribution in [0.5, 0.6) is 0 Å². The fourth-order valence-corrected chi connectivity index (χ4v) is 6.11. The zero-order chi connectivity index (χ0) is 38.9. The zero-order valence-corrected chi connectivity index (χ0v) is 34.4. The molecule has 5 N–H and O–H groups in total. The number of amides is 1. The van der Waals surface area contributed by atoms with Crippen molar-refractivity contribution in [3.63, 3.8) is 0 Å². The van der Waals surface area contributed by atoms with E-state index in [9.17, 15) is 19.4 Å². The summed E-state index contributed by atoms with van der Waals surface area (Å²) in [6, 6.07) is -0.892. The number of phosphoric ester groups is 1. The minimum absolute atomic E-state index is 0.0658. The molecule has 8 nitrogen and oxygen atoms in total. The van der Waals surface area contributed by atoms with Gasteiger partial charge in [-0.05, 0) is 77.0 Å². The number of allylic oxidation sites excluding steroid dienone is 13. The smallest absolute Gasteiger partial charge is 0.387 e. The molecule has 3 atom stereocenters. The minimum Gasteiger partial charge on any atom is -0.387 e. The van der Waals surface area contributed by atoms with Gasteiger partial charge in [0.1, 0.15) is 0 Å². The lowest BCUT2D eigenvalue weighted by Gasteiger charge is -2.23. The van der Waals surface area contributed by atoms with Crippen molar-refractivity contribution in [2.24, 2.45) is 5.73 Å². The Hall–Kier alpha value is -2.32. The molecule has 0 aliphatic carbocycles. The van der Waals surface area contributed by atoms with Crippen LogP contribution in [0.1, 0.15) is 155 Å². The van der Waals surface area contributed by atoms with E-state index in [1.165, 1.54) is 44.9 Å². The molecular formula is C44H77N2O6P. The monoisotopic (exact) mass is 761 g/mol. The number of hydrogen-bond acceptors (Lipinski definition) is 6. The molecule has 53 heavy (non-hydrogen) atoms. The van der Waals surface area contributed by atoms with Gasteiger partial charge >= 0.3 is 7.82 Å². The summed E-state index contributed by atoms with van der Waals surface area (Å²) in [6.45, 7) is 3.94. The van der Waals surface area contributed by atoms with Crippen molar-refractivity contribution < 1.29 is 28.4 Å². The number of carbonyl (C=O) groups excluding carboxylic acids is 1. The standard InChI is InChI=1S/C44H77N2O6P/c1-3-5-7-9-11-13-15-17-18-19-20-21-22-23-24-26-28-30-32-34-36-38-44(48)46-42(41-52-53(49,50)51-40-39-45)43(47)37-35-33-31-29-27-25-16-14-12-10-8-6-4-2/h5,7,11,13,17-18,20-21,23-24,27,29,35,37,42-43,47H,3-4,6,8-10,12,14-16,19,22,25-26,28,30-34,36,38-41,45H2,1-2H3,(H,46,48)(H,49,50)/b7-5-,13-11-,18-17-,21-20-,24-23-,29-27+,37-35+. The van der Waals surface area contributed by atoms with Crippen LogP contribution in [-0.2, 0) is 18.4 Å². The first kappa shape index (κ1) is 50.7. The quantitative estimate of drug-likeness (QED) is 0.0282. The summed E-state index contributed by atoms with van der Waals surface area (Å²) < 4.78 is 22.1. The largest absolute Gasteiger partial charge is 0.472 e. The molecule has 0 aliphatic heterocycles. The second-order valence-electron chi connectivity index (χ2n) is 13.5. The highest BCUT2D eigenvalue weighted by atomic mass is 31.2. The Morgan fingerprint density at radius 2 is 1.11 bits per heavy atom. The van der Waals surface area contributed by atoms with E-state index >= 15 is 0 Å². The van der Waals surface area contributed by atoms with Gasteiger partial charge in [-0.1, -0.05) is 157 Å². The first-order valence-electron chi connectivity index (χ1n) is 20.7. The van der Waals surface area contributed by atoms with Crippen LogP contribution in [0.2, 0.25) is 0 Å². The molecule has 0 heterocycles. The third-order valence-electron chi connectivity index (χ3n) is 8.45. The summed E-state index contributed by atoms with van der Waals surface area (Å²) in [5.74, 6) is -0.228. The van der Waals surface area contributed by atoms with Crippen LogP contribution in [0.3, 0.4) is 0 Å². The van der Waals surface area contributed by atoms with Gasteiger partial charge in [-0.15, -0.1) is 0 Å². The molecule has 0 radical (unpaired) electrons. The van der Waals surface area contributed by atoms with Gasteiger partial charge in [-0.2, -0.15) is 0 Å². The Morgan fingerprint density at radius 3 is 1.68 bits per heavy atom. The fraction of sp³-hybridized carbons (Fsp3) is 0.659. The minimum atomic E-state index is -4.35. The molecule has 0 spiro atoms. The van der Waals surface area contributed by atoms with E-state index < -0.39 is 20.0 Å². The average molecular weight is 761 g/mol. The summed E-state index contributed by atoms with van der Waals surface area (Å²) >= 11 is 0. The molecule has 0 saturated carbocycles. The predicted octanol–water partition coefficient (Wildman–Crippen LogP) is 11.4. The summed E-state index contributed by atoms with van der Waals surface area (Å²) in [7, 11) is -4.35. The molecule has 0 aromatic rings. The first-order chi connectivity index (χ1) is 25.9. The maximum absolute atomic E-state index is 12.7. The lowest BCUT2D eigenvalue weighted by Crippen LogP contribution is -2.45. The molecule has 0 rings (SSSR count). The predicted molar refractivity (Wildman–Crippen MR) is 226 cm³/mol. The summed E-state index contributed by atoms with van der Waals surface area (Å²) in [5, 5.41) is 13.6. The summed E-state index contributed by atoms with van der Waals surface area (Å²) in [6.07, 6.45) is 52.0. The van der Waals surface area contributed by atoms with Gasteiger partial charge in [0.2, 0.25) is 5.91 Å². The van der Waals surface area contributed by atoms with Gasteiger partial charge in [0.15, 0.2) is 0 Å². The third-order valence-corrected chi connectivity index (χ3v) is 9.44. The first-order valence-corrected chi connectivity index (χ1v) is 22.2. The highest BCUT2D eigenvalue weighted by Crippen LogP contribution is 2.43. The molecule has 0 bridgehead atoms. The molecule has 3 unspecified atom stereocenters. The van der Waals surface area contributed by atoms with E-state index in [0.717, 1.165) is 89.9 Å². The third kappa shape index (κ3) is 37.8. The van der Waals surface area contributed by atoms with Crippen molar-refractivity contribution in [3.05, 3.63) is 85.1 Å². The number of carbonyl (C=O) groups is 1. The molecule has 9 heteroatoms. The van der Waals surface area contributed by atoms with E-state index in [1.54, 1.807) is 6.08 Å². The maximum atomic E-state index is 12.7. The molecule has 304 valence electrons. The number of nitrogens with two attached hydrogens (primary N) is 1. The van der Waals surface area contributed by atoms with Crippen LogP contribution in [0.15, 0.2) is 85.1 Å². The lowest BCUT2D eigenvalue weighted by molar-refractivity contribution is -0.123. The van der Waals surface area contributed by atoms with E-state index in [0.29, 0.717) is 6.42 Å². The fourth-order valence-electron chi connectivity index (χ4n) is 5.35. The van der Waals surface area contributed by atoms with Gasteiger partial charge in [-0.25, -0.2) is 4.57 Å². The zero-order valence-electron chi connectivity index (χ0n) is 33.5. The Labute approximate surface area is 324 Å². The summed E-state index contributed by atoms with van der Waals surface area (Å²) in [5.41, 5.74) is 5.36. The van der Waals surface area contributed by atoms with Crippen LogP contribution in [0.25, 0.3) is 0 Å². The van der Waals surface area contributed by atoms with Crippen LogP contribution in [-0.4, -0.2) is 47.8 Å². The molecule has 0 fully saturated rings. The number of phosphoric acid groups is 1. The van der Waals surface area contributed by atoms with E-state index in [1.807, 2.05) is 6.08 Å². The highest BCUT2D eigenvalue weighted by Gasteiger charge is 2.26. The van der Waals surface area contributed by atoms with Crippen molar-refractivity contribution in [2.45, 2.75) is 167 Å². The number of hydrogen-bond donors (Lipinski definition) is 4. The van der Waals surface area contributed by atoms with E-state index in [4.69, 9.17) is 14.8 Å². The Kier molecular flexibility index (Phi) is 37.7. The van der Waals surface area contributed by atoms with Crippen molar-refractivity contribution in [1.82, 2.24) is 5.32 Å². The number of rotatable bonds is 37. The maximum Gasteiger partial charge on any atom is 0.472 e. The van der Waals surface area contributed by atoms with Crippen LogP contribution >= 0.6 is 7.82 Å². The summed E-state index contributed by atoms with van der Waals surface area (Å²) in [4.78, 5) is 22.7. The highest BCUT2D eigenvalue weighted by molar-refractivity contribution is 7.47. The van der Waals surface area contributed by atoms with Gasteiger partial charge in [0.25, 0.3) is 0 Å². The molecule has 1 amide bonds. The molecule has 0 aromatic heterocycles. The van der Waals surface area contributed by atoms with Crippen LogP contribution in [0.4, 0.5) is 0 Å². The number of nitrogens with one attached hydrogen (secondary N) is 1. The number of aliphatic hydroxyl groups is 1. The number of unbranched alkanes of at least 4 members (excludes halogenated alkanes) is 13. The van der Waals surface area contributed by atoms with Crippen molar-refractivity contribution in [1.29, 1.82) is 0 Å². The van der Waals surface area contributed by atoms with Gasteiger partial charge in [0, 0.05) is 13.0 Å². The van der Waals surface area contributed by atoms with Gasteiger partial charge in [-0.3, -0.25) is 13.8 Å². The Balaban J connectivity index is 4.33. The second-order valence-corrected chi connectivity index (χ2v) is 14.9. The van der Waals surface area contributed by atoms with E-state index in [-0.39, 0.29) is 25.7 Å². The molecule has 0 saturated heterocycles. The molecule has 0 aromatic carbocycles. The van der Waals surface area contributed by atoms with Crippen molar-refractivity contribution >= 4 is 13.7 Å². The van der Waals surface area contributed by atoms with Crippen LogP contribution < -0.4 is 11.1 Å². The SMILES string of the molecule is CC/C=C\C/C=C\C/C=C\C/C=C\C/C=C\CCCCCCCC(=O)NC(COP(=O)(O)OCCN)C(O)/C=C/CC/C=C/CCCCCCCCC. The lowest BCUT2D eigenvalue weighted by atomic mass is 10.1. The second kappa shape index (κ2) is 39.4.